The maximum absolute atomic E-state index is 6.14. The Hall–Kier alpha value is -3.79. The van der Waals surface area contributed by atoms with E-state index in [1.165, 1.54) is 16.3 Å². The van der Waals surface area contributed by atoms with Crippen LogP contribution in [0.3, 0.4) is 0 Å². The third-order valence-corrected chi connectivity index (χ3v) is 5.74. The Bertz CT molecular complexity index is 1340. The van der Waals surface area contributed by atoms with Crippen LogP contribution in [0.15, 0.2) is 91.0 Å². The van der Waals surface area contributed by atoms with Crippen LogP contribution in [0.25, 0.3) is 21.8 Å². The summed E-state index contributed by atoms with van der Waals surface area (Å²) in [5, 5.41) is 2.37. The van der Waals surface area contributed by atoms with Crippen LogP contribution in [0.1, 0.15) is 18.3 Å². The summed E-state index contributed by atoms with van der Waals surface area (Å²) in [6.07, 6.45) is 1.03. The molecular weight excluding hydrogens is 396 g/mol. The first-order valence-corrected chi connectivity index (χ1v) is 11.1. The van der Waals surface area contributed by atoms with E-state index in [2.05, 4.69) is 54.0 Å². The molecule has 5 rings (SSSR count). The van der Waals surface area contributed by atoms with E-state index in [0.717, 1.165) is 34.8 Å². The highest BCUT2D eigenvalue weighted by molar-refractivity contribution is 5.83. The number of fused-ring (bicyclic) bond motifs is 2. The molecule has 1 aromatic heterocycles. The predicted octanol–water partition coefficient (Wildman–Crippen LogP) is 6.41. The van der Waals surface area contributed by atoms with Crippen molar-refractivity contribution in [3.05, 3.63) is 102 Å². The highest BCUT2D eigenvalue weighted by Gasteiger charge is 2.11. The van der Waals surface area contributed by atoms with Gasteiger partial charge in [0, 0.05) is 0 Å². The van der Waals surface area contributed by atoms with E-state index in [-0.39, 0.29) is 0 Å². The monoisotopic (exact) mass is 422 g/mol. The van der Waals surface area contributed by atoms with Crippen molar-refractivity contribution in [2.24, 2.45) is 0 Å². The molecule has 0 saturated heterocycles. The molecule has 0 spiro atoms. The van der Waals surface area contributed by atoms with Crippen LogP contribution < -0.4 is 9.47 Å². The van der Waals surface area contributed by atoms with Gasteiger partial charge in [-0.1, -0.05) is 61.5 Å². The van der Waals surface area contributed by atoms with Gasteiger partial charge in [-0.15, -0.1) is 0 Å². The topological polar surface area (TPSA) is 36.3 Å². The number of para-hydroxylation sites is 2. The fraction of sp³-hybridized carbons (Fsp3) is 0.179. The van der Waals surface area contributed by atoms with Crippen LogP contribution in [-0.2, 0) is 19.6 Å². The van der Waals surface area contributed by atoms with Crippen molar-refractivity contribution in [2.75, 3.05) is 6.61 Å². The molecule has 0 bridgehead atoms. The predicted molar refractivity (Wildman–Crippen MR) is 129 cm³/mol. The molecule has 5 aromatic rings. The number of aromatic nitrogens is 2. The molecule has 4 aromatic carbocycles. The highest BCUT2D eigenvalue weighted by atomic mass is 16.5. The van der Waals surface area contributed by atoms with E-state index >= 15 is 0 Å². The second-order valence-electron chi connectivity index (χ2n) is 7.81. The number of hydrogen-bond acceptors (Lipinski definition) is 3. The van der Waals surface area contributed by atoms with E-state index in [1.807, 2.05) is 48.5 Å². The third kappa shape index (κ3) is 4.30. The Morgan fingerprint density at radius 2 is 1.50 bits per heavy atom. The molecule has 0 amide bonds. The average Bonchev–Trinajstić information content (AvgIpc) is 3.20. The van der Waals surface area contributed by atoms with Gasteiger partial charge in [0.05, 0.1) is 17.6 Å². The summed E-state index contributed by atoms with van der Waals surface area (Å²) in [5.41, 5.74) is 3.37. The molecule has 0 saturated carbocycles. The number of nitrogens with zero attached hydrogens (tertiary/aromatic N) is 2. The first kappa shape index (κ1) is 20.1. The smallest absolute Gasteiger partial charge is 0.148 e. The summed E-state index contributed by atoms with van der Waals surface area (Å²) < 4.78 is 14.3. The zero-order valence-electron chi connectivity index (χ0n) is 18.2. The SMILES string of the molecule is CCc1ccc(OCCn2c(COc3ccc4ccccc4c3)nc3ccccc32)cc1. The molecule has 0 atom stereocenters. The van der Waals surface area contributed by atoms with Crippen molar-refractivity contribution in [1.29, 1.82) is 0 Å². The van der Waals surface area contributed by atoms with E-state index in [0.29, 0.717) is 19.8 Å². The highest BCUT2D eigenvalue weighted by Crippen LogP contribution is 2.23. The van der Waals surface area contributed by atoms with Gasteiger partial charge in [-0.05, 0) is 59.2 Å². The Morgan fingerprint density at radius 3 is 2.34 bits per heavy atom. The van der Waals surface area contributed by atoms with Gasteiger partial charge in [0.25, 0.3) is 0 Å². The normalized spacial score (nSPS) is 11.2. The molecule has 160 valence electrons. The van der Waals surface area contributed by atoms with E-state index in [1.54, 1.807) is 0 Å². The molecule has 0 aliphatic rings. The van der Waals surface area contributed by atoms with Gasteiger partial charge in [-0.25, -0.2) is 4.98 Å². The molecule has 4 nitrogen and oxygen atoms in total. The Labute approximate surface area is 188 Å². The van der Waals surface area contributed by atoms with Crippen LogP contribution in [0, 0.1) is 0 Å². The first-order chi connectivity index (χ1) is 15.8. The van der Waals surface area contributed by atoms with Gasteiger partial charge in [-0.2, -0.15) is 0 Å². The first-order valence-electron chi connectivity index (χ1n) is 11.1. The van der Waals surface area contributed by atoms with Crippen molar-refractivity contribution >= 4 is 21.8 Å². The van der Waals surface area contributed by atoms with Gasteiger partial charge in [0.1, 0.15) is 30.5 Å². The van der Waals surface area contributed by atoms with Gasteiger partial charge in [0.15, 0.2) is 0 Å². The van der Waals surface area contributed by atoms with E-state index < -0.39 is 0 Å². The quantitative estimate of drug-likeness (QED) is 0.290. The molecule has 0 radical (unpaired) electrons. The lowest BCUT2D eigenvalue weighted by Gasteiger charge is -2.12. The van der Waals surface area contributed by atoms with E-state index in [4.69, 9.17) is 14.5 Å². The number of aryl methyl sites for hydroxylation is 1. The van der Waals surface area contributed by atoms with Crippen molar-refractivity contribution in [3.8, 4) is 11.5 Å². The second-order valence-corrected chi connectivity index (χ2v) is 7.81. The largest absolute Gasteiger partial charge is 0.492 e. The van der Waals surface area contributed by atoms with Crippen molar-refractivity contribution in [3.63, 3.8) is 0 Å². The summed E-state index contributed by atoms with van der Waals surface area (Å²) in [6.45, 7) is 3.82. The van der Waals surface area contributed by atoms with Crippen LogP contribution >= 0.6 is 0 Å². The summed E-state index contributed by atoms with van der Waals surface area (Å²) in [4.78, 5) is 4.82. The molecule has 0 N–H and O–H groups in total. The fourth-order valence-electron chi connectivity index (χ4n) is 3.97. The van der Waals surface area contributed by atoms with Crippen LogP contribution in [0.2, 0.25) is 0 Å². The lowest BCUT2D eigenvalue weighted by molar-refractivity contribution is 0.272. The number of imidazole rings is 1. The second kappa shape index (κ2) is 9.15. The molecular formula is C28H26N2O2. The molecule has 0 unspecified atom stereocenters. The van der Waals surface area contributed by atoms with Gasteiger partial charge >= 0.3 is 0 Å². The van der Waals surface area contributed by atoms with Crippen molar-refractivity contribution in [2.45, 2.75) is 26.5 Å². The zero-order chi connectivity index (χ0) is 21.8. The van der Waals surface area contributed by atoms with Crippen LogP contribution in [-0.4, -0.2) is 16.2 Å². The number of hydrogen-bond donors (Lipinski definition) is 0. The van der Waals surface area contributed by atoms with Gasteiger partial charge < -0.3 is 14.0 Å². The molecule has 0 fully saturated rings. The third-order valence-electron chi connectivity index (χ3n) is 5.74. The molecule has 4 heteroatoms. The summed E-state index contributed by atoms with van der Waals surface area (Å²) >= 11 is 0. The van der Waals surface area contributed by atoms with Crippen LogP contribution in [0.4, 0.5) is 0 Å². The number of rotatable bonds is 8. The fourth-order valence-corrected chi connectivity index (χ4v) is 3.97. The van der Waals surface area contributed by atoms with Crippen molar-refractivity contribution in [1.82, 2.24) is 9.55 Å². The van der Waals surface area contributed by atoms with Crippen molar-refractivity contribution < 1.29 is 9.47 Å². The van der Waals surface area contributed by atoms with Gasteiger partial charge in [0.2, 0.25) is 0 Å². The lowest BCUT2D eigenvalue weighted by atomic mass is 10.1. The molecule has 0 aliphatic carbocycles. The standard InChI is InChI=1S/C28H26N2O2/c1-2-21-11-14-24(15-12-21)31-18-17-30-27-10-6-5-9-26(27)29-28(30)20-32-25-16-13-22-7-3-4-8-23(22)19-25/h3-16,19H,2,17-18,20H2,1H3. The lowest BCUT2D eigenvalue weighted by Crippen LogP contribution is -2.13. The summed E-state index contributed by atoms with van der Waals surface area (Å²) in [5.74, 6) is 2.62. The zero-order valence-corrected chi connectivity index (χ0v) is 18.2. The van der Waals surface area contributed by atoms with E-state index in [9.17, 15) is 0 Å². The summed E-state index contributed by atoms with van der Waals surface area (Å²) in [7, 11) is 0. The Morgan fingerprint density at radius 1 is 0.750 bits per heavy atom. The maximum atomic E-state index is 6.14. The minimum atomic E-state index is 0.401. The minimum Gasteiger partial charge on any atom is -0.492 e. The molecule has 1 heterocycles. The molecule has 0 aliphatic heterocycles. The molecule has 32 heavy (non-hydrogen) atoms. The Kier molecular flexibility index (Phi) is 5.75. The maximum Gasteiger partial charge on any atom is 0.148 e. The minimum absolute atomic E-state index is 0.401. The number of benzene rings is 4. The summed E-state index contributed by atoms with van der Waals surface area (Å²) in [6, 6.07) is 31.0. The average molecular weight is 423 g/mol. The number of ether oxygens (including phenoxy) is 2. The van der Waals surface area contributed by atoms with Crippen LogP contribution in [0.5, 0.6) is 11.5 Å². The van der Waals surface area contributed by atoms with Gasteiger partial charge in [-0.3, -0.25) is 0 Å². The Balaban J connectivity index is 1.32.